The van der Waals surface area contributed by atoms with Gasteiger partial charge in [-0.05, 0) is 35.9 Å². The van der Waals surface area contributed by atoms with Gasteiger partial charge in [0.1, 0.15) is 0 Å². The number of hydrogen-bond acceptors (Lipinski definition) is 3. The quantitative estimate of drug-likeness (QED) is 0.522. The van der Waals surface area contributed by atoms with Gasteiger partial charge in [-0.15, -0.1) is 0 Å². The molecule has 0 unspecified atom stereocenters. The summed E-state index contributed by atoms with van der Waals surface area (Å²) in [6.45, 7) is 0. The lowest BCUT2D eigenvalue weighted by Gasteiger charge is -2.08. The summed E-state index contributed by atoms with van der Waals surface area (Å²) in [5.74, 6) is -0.138. The molecule has 5 heteroatoms. The topological polar surface area (TPSA) is 63.2 Å². The van der Waals surface area contributed by atoms with Gasteiger partial charge in [0.2, 0.25) is 0 Å². The summed E-state index contributed by atoms with van der Waals surface area (Å²) in [7, 11) is -3.70. The van der Waals surface area contributed by atoms with Crippen LogP contribution >= 0.6 is 0 Å². The van der Waals surface area contributed by atoms with Crippen LogP contribution in [0.2, 0.25) is 0 Å². The number of allylic oxidation sites excluding steroid dienone is 1. The average molecular weight is 363 g/mol. The zero-order chi connectivity index (χ0) is 18.4. The van der Waals surface area contributed by atoms with Crippen molar-refractivity contribution in [3.05, 3.63) is 102 Å². The van der Waals surface area contributed by atoms with Crippen LogP contribution in [0.1, 0.15) is 15.9 Å². The fraction of sp³-hybridized carbons (Fsp3) is 0. The van der Waals surface area contributed by atoms with Crippen LogP contribution in [0, 0.1) is 0 Å². The Labute approximate surface area is 152 Å². The van der Waals surface area contributed by atoms with Gasteiger partial charge in [0.05, 0.1) is 4.90 Å². The first-order valence-electron chi connectivity index (χ1n) is 8.00. The zero-order valence-electron chi connectivity index (χ0n) is 13.9. The molecule has 3 aromatic rings. The molecule has 0 atom stereocenters. The molecule has 0 aliphatic heterocycles. The first-order valence-corrected chi connectivity index (χ1v) is 9.48. The Hall–Kier alpha value is -3.18. The Balaban J connectivity index is 1.80. The molecular weight excluding hydrogens is 346 g/mol. The maximum Gasteiger partial charge on any atom is 0.261 e. The molecule has 0 saturated heterocycles. The lowest BCUT2D eigenvalue weighted by atomic mass is 10.1. The summed E-state index contributed by atoms with van der Waals surface area (Å²) >= 11 is 0. The molecule has 3 aromatic carbocycles. The predicted octanol–water partition coefficient (Wildman–Crippen LogP) is 4.38. The van der Waals surface area contributed by atoms with E-state index in [4.69, 9.17) is 0 Å². The number of sulfonamides is 1. The summed E-state index contributed by atoms with van der Waals surface area (Å²) in [6, 6.07) is 24.0. The highest BCUT2D eigenvalue weighted by Crippen LogP contribution is 2.17. The highest BCUT2D eigenvalue weighted by atomic mass is 32.2. The van der Waals surface area contributed by atoms with Gasteiger partial charge in [-0.3, -0.25) is 9.52 Å². The Kier molecular flexibility index (Phi) is 5.29. The van der Waals surface area contributed by atoms with E-state index < -0.39 is 10.0 Å². The lowest BCUT2D eigenvalue weighted by Crippen LogP contribution is -2.12. The van der Waals surface area contributed by atoms with Crippen LogP contribution in [0.4, 0.5) is 5.69 Å². The monoisotopic (exact) mass is 363 g/mol. The Bertz CT molecular complexity index is 1030. The molecule has 0 aromatic heterocycles. The molecule has 0 saturated carbocycles. The molecule has 1 N–H and O–H groups in total. The van der Waals surface area contributed by atoms with Crippen molar-refractivity contribution in [2.45, 2.75) is 4.90 Å². The lowest BCUT2D eigenvalue weighted by molar-refractivity contribution is 0.104. The molecule has 0 amide bonds. The zero-order valence-corrected chi connectivity index (χ0v) is 14.7. The molecule has 0 bridgehead atoms. The van der Waals surface area contributed by atoms with Crippen LogP contribution in [0.5, 0.6) is 0 Å². The Morgan fingerprint density at radius 1 is 0.808 bits per heavy atom. The second-order valence-corrected chi connectivity index (χ2v) is 7.29. The molecule has 4 nitrogen and oxygen atoms in total. The SMILES string of the molecule is O=C(/C=C/c1cccc(S(=O)(=O)Nc2ccccc2)c1)c1ccccc1. The summed E-state index contributed by atoms with van der Waals surface area (Å²) in [6.07, 6.45) is 3.04. The number of para-hydroxylation sites is 1. The number of carbonyl (C=O) groups is 1. The molecule has 0 spiro atoms. The van der Waals surface area contributed by atoms with Gasteiger partial charge in [-0.25, -0.2) is 8.42 Å². The number of carbonyl (C=O) groups excluding carboxylic acids is 1. The van der Waals surface area contributed by atoms with Crippen molar-refractivity contribution in [3.63, 3.8) is 0 Å². The van der Waals surface area contributed by atoms with Crippen molar-refractivity contribution >= 4 is 27.6 Å². The van der Waals surface area contributed by atoms with Crippen LogP contribution < -0.4 is 4.72 Å². The molecule has 3 rings (SSSR count). The predicted molar refractivity (Wildman–Crippen MR) is 103 cm³/mol. The fourth-order valence-corrected chi connectivity index (χ4v) is 3.49. The minimum Gasteiger partial charge on any atom is -0.289 e. The van der Waals surface area contributed by atoms with Gasteiger partial charge in [0, 0.05) is 11.3 Å². The Morgan fingerprint density at radius 3 is 2.15 bits per heavy atom. The normalized spacial score (nSPS) is 11.4. The number of hydrogen-bond donors (Lipinski definition) is 1. The molecule has 0 radical (unpaired) electrons. The third-order valence-corrected chi connectivity index (χ3v) is 5.06. The van der Waals surface area contributed by atoms with Crippen LogP contribution in [0.3, 0.4) is 0 Å². The molecule has 0 aliphatic rings. The van der Waals surface area contributed by atoms with Gasteiger partial charge in [0.15, 0.2) is 5.78 Å². The molecule has 26 heavy (non-hydrogen) atoms. The molecule has 0 fully saturated rings. The van der Waals surface area contributed by atoms with E-state index in [9.17, 15) is 13.2 Å². The maximum atomic E-state index is 12.5. The summed E-state index contributed by atoms with van der Waals surface area (Å²) in [5, 5.41) is 0. The van der Waals surface area contributed by atoms with Gasteiger partial charge < -0.3 is 0 Å². The molecule has 0 aliphatic carbocycles. The third-order valence-electron chi connectivity index (χ3n) is 3.68. The Morgan fingerprint density at radius 2 is 1.46 bits per heavy atom. The van der Waals surface area contributed by atoms with E-state index in [1.807, 2.05) is 12.1 Å². The highest BCUT2D eigenvalue weighted by Gasteiger charge is 2.14. The van der Waals surface area contributed by atoms with Crippen molar-refractivity contribution in [1.82, 2.24) is 0 Å². The fourth-order valence-electron chi connectivity index (χ4n) is 2.38. The van der Waals surface area contributed by atoms with Gasteiger partial charge in [-0.2, -0.15) is 0 Å². The average Bonchev–Trinajstić information content (AvgIpc) is 2.67. The number of rotatable bonds is 6. The smallest absolute Gasteiger partial charge is 0.261 e. The first kappa shape index (κ1) is 17.6. The highest BCUT2D eigenvalue weighted by molar-refractivity contribution is 7.92. The van der Waals surface area contributed by atoms with Crippen LogP contribution in [0.25, 0.3) is 6.08 Å². The molecule has 0 heterocycles. The van der Waals surface area contributed by atoms with Crippen molar-refractivity contribution in [2.24, 2.45) is 0 Å². The van der Waals surface area contributed by atoms with Crippen LogP contribution in [0.15, 0.2) is 95.9 Å². The van der Waals surface area contributed by atoms with E-state index in [-0.39, 0.29) is 10.7 Å². The van der Waals surface area contributed by atoms with E-state index in [0.29, 0.717) is 16.8 Å². The second kappa shape index (κ2) is 7.80. The number of nitrogens with one attached hydrogen (secondary N) is 1. The summed E-state index contributed by atoms with van der Waals surface area (Å²) < 4.78 is 27.6. The number of anilines is 1. The van der Waals surface area contributed by atoms with E-state index in [1.165, 1.54) is 18.2 Å². The maximum absolute atomic E-state index is 12.5. The van der Waals surface area contributed by atoms with Gasteiger partial charge in [0.25, 0.3) is 10.0 Å². The standard InChI is InChI=1S/C21H17NO3S/c23-21(18-9-3-1-4-10-18)15-14-17-8-7-13-20(16-17)26(24,25)22-19-11-5-2-6-12-19/h1-16,22H/b15-14+. The van der Waals surface area contributed by atoms with Crippen molar-refractivity contribution in [1.29, 1.82) is 0 Å². The van der Waals surface area contributed by atoms with E-state index in [0.717, 1.165) is 0 Å². The van der Waals surface area contributed by atoms with Crippen LogP contribution in [-0.4, -0.2) is 14.2 Å². The first-order chi connectivity index (χ1) is 12.5. The third kappa shape index (κ3) is 4.46. The summed E-state index contributed by atoms with van der Waals surface area (Å²) in [4.78, 5) is 12.3. The number of ketones is 1. The summed E-state index contributed by atoms with van der Waals surface area (Å²) in [5.41, 5.74) is 1.70. The number of benzene rings is 3. The van der Waals surface area contributed by atoms with Crippen LogP contribution in [-0.2, 0) is 10.0 Å². The van der Waals surface area contributed by atoms with Crippen molar-refractivity contribution < 1.29 is 13.2 Å². The van der Waals surface area contributed by atoms with Crippen molar-refractivity contribution in [3.8, 4) is 0 Å². The van der Waals surface area contributed by atoms with E-state index in [1.54, 1.807) is 66.7 Å². The second-order valence-electron chi connectivity index (χ2n) is 5.61. The van der Waals surface area contributed by atoms with E-state index in [2.05, 4.69) is 4.72 Å². The molecular formula is C21H17NO3S. The molecule has 130 valence electrons. The largest absolute Gasteiger partial charge is 0.289 e. The minimum absolute atomic E-state index is 0.135. The van der Waals surface area contributed by atoms with Gasteiger partial charge in [-0.1, -0.05) is 66.7 Å². The van der Waals surface area contributed by atoms with E-state index >= 15 is 0 Å². The van der Waals surface area contributed by atoms with Gasteiger partial charge >= 0.3 is 0 Å². The van der Waals surface area contributed by atoms with Crippen molar-refractivity contribution in [2.75, 3.05) is 4.72 Å². The minimum atomic E-state index is -3.70.